The average Bonchev–Trinajstić information content (AvgIpc) is 3.11. The quantitative estimate of drug-likeness (QED) is 0.588. The molecule has 1 amide bonds. The summed E-state index contributed by atoms with van der Waals surface area (Å²) in [4.78, 5) is 22.2. The maximum atomic E-state index is 12.7. The lowest BCUT2D eigenvalue weighted by molar-refractivity contribution is 0.0755. The van der Waals surface area contributed by atoms with Gasteiger partial charge in [0, 0.05) is 49.1 Å². The van der Waals surface area contributed by atoms with Gasteiger partial charge in [-0.25, -0.2) is 0 Å². The number of hydrogen-bond donors (Lipinski definition) is 2. The van der Waals surface area contributed by atoms with Crippen LogP contribution in [0.1, 0.15) is 42.6 Å². The van der Waals surface area contributed by atoms with E-state index in [1.54, 1.807) is 12.4 Å². The van der Waals surface area contributed by atoms with Gasteiger partial charge in [-0.1, -0.05) is 32.0 Å². The van der Waals surface area contributed by atoms with Crippen molar-refractivity contribution in [2.75, 3.05) is 25.0 Å². The van der Waals surface area contributed by atoms with Gasteiger partial charge >= 0.3 is 0 Å². The number of anilines is 1. The molecule has 1 aromatic carbocycles. The van der Waals surface area contributed by atoms with Gasteiger partial charge in [-0.05, 0) is 37.0 Å². The number of pyridine rings is 1. The van der Waals surface area contributed by atoms with Crippen LogP contribution < -0.4 is 5.32 Å². The number of carbonyl (C=O) groups excluding carboxylic acids is 1. The molecule has 2 N–H and O–H groups in total. The highest BCUT2D eigenvalue weighted by Gasteiger charge is 2.15. The second-order valence-electron chi connectivity index (χ2n) is 6.79. The molecule has 142 valence electrons. The molecule has 0 bridgehead atoms. The van der Waals surface area contributed by atoms with E-state index >= 15 is 0 Å². The summed E-state index contributed by atoms with van der Waals surface area (Å²) in [6.07, 6.45) is 8.32. The molecule has 5 heteroatoms. The molecule has 3 aromatic rings. The SMILES string of the molecule is CCCN(CCC)C(=O)c1cncc(NCCc2c[nH]c3ccccc23)c1. The zero-order valence-electron chi connectivity index (χ0n) is 16.2. The monoisotopic (exact) mass is 364 g/mol. The Morgan fingerprint density at radius 3 is 2.70 bits per heavy atom. The van der Waals surface area contributed by atoms with Crippen LogP contribution in [0.2, 0.25) is 0 Å². The first-order valence-corrected chi connectivity index (χ1v) is 9.76. The third-order valence-electron chi connectivity index (χ3n) is 4.66. The summed E-state index contributed by atoms with van der Waals surface area (Å²) in [7, 11) is 0. The summed E-state index contributed by atoms with van der Waals surface area (Å²) in [5.74, 6) is 0.0616. The minimum absolute atomic E-state index is 0.0616. The van der Waals surface area contributed by atoms with E-state index in [9.17, 15) is 4.79 Å². The smallest absolute Gasteiger partial charge is 0.255 e. The molecule has 0 saturated heterocycles. The molecule has 0 radical (unpaired) electrons. The van der Waals surface area contributed by atoms with Gasteiger partial charge in [-0.15, -0.1) is 0 Å². The summed E-state index contributed by atoms with van der Waals surface area (Å²) in [5.41, 5.74) is 3.98. The van der Waals surface area contributed by atoms with Crippen LogP contribution in [0, 0.1) is 0 Å². The fourth-order valence-electron chi connectivity index (χ4n) is 3.37. The summed E-state index contributed by atoms with van der Waals surface area (Å²) in [6.45, 7) is 6.54. The van der Waals surface area contributed by atoms with Gasteiger partial charge in [0.1, 0.15) is 0 Å². The molecule has 0 aliphatic carbocycles. The number of carbonyl (C=O) groups is 1. The van der Waals surface area contributed by atoms with Gasteiger partial charge in [-0.3, -0.25) is 9.78 Å². The van der Waals surface area contributed by atoms with Crippen molar-refractivity contribution in [1.82, 2.24) is 14.9 Å². The van der Waals surface area contributed by atoms with Crippen molar-refractivity contribution < 1.29 is 4.79 Å². The van der Waals surface area contributed by atoms with Crippen molar-refractivity contribution in [2.45, 2.75) is 33.1 Å². The summed E-state index contributed by atoms with van der Waals surface area (Å²) >= 11 is 0. The van der Waals surface area contributed by atoms with Crippen molar-refractivity contribution in [3.8, 4) is 0 Å². The third-order valence-corrected chi connectivity index (χ3v) is 4.66. The molecule has 2 aromatic heterocycles. The topological polar surface area (TPSA) is 61.0 Å². The standard InChI is InChI=1S/C22H28N4O/c1-3-11-26(12-4-2)22(27)18-13-19(16-23-14-18)24-10-9-17-15-25-21-8-6-5-7-20(17)21/h5-8,13-16,24-25H,3-4,9-12H2,1-2H3. The highest BCUT2D eigenvalue weighted by molar-refractivity contribution is 5.94. The highest BCUT2D eigenvalue weighted by Crippen LogP contribution is 2.18. The Kier molecular flexibility index (Phi) is 6.47. The van der Waals surface area contributed by atoms with Crippen LogP contribution in [0.4, 0.5) is 5.69 Å². The number of fused-ring (bicyclic) bond motifs is 1. The van der Waals surface area contributed by atoms with Crippen LogP contribution in [0.15, 0.2) is 48.9 Å². The van der Waals surface area contributed by atoms with Gasteiger partial charge in [0.15, 0.2) is 0 Å². The van der Waals surface area contributed by atoms with Crippen LogP contribution in [0.5, 0.6) is 0 Å². The first-order valence-electron chi connectivity index (χ1n) is 9.76. The Hall–Kier alpha value is -2.82. The van der Waals surface area contributed by atoms with Crippen molar-refractivity contribution in [3.63, 3.8) is 0 Å². The number of benzene rings is 1. The van der Waals surface area contributed by atoms with Gasteiger partial charge in [0.25, 0.3) is 5.91 Å². The summed E-state index contributed by atoms with van der Waals surface area (Å²) < 4.78 is 0. The molecule has 0 aliphatic rings. The molecule has 0 saturated carbocycles. The number of rotatable bonds is 9. The third kappa shape index (κ3) is 4.67. The van der Waals surface area contributed by atoms with Crippen LogP contribution in [-0.4, -0.2) is 40.4 Å². The molecule has 0 fully saturated rings. The van der Waals surface area contributed by atoms with E-state index in [4.69, 9.17) is 0 Å². The maximum absolute atomic E-state index is 12.7. The van der Waals surface area contributed by atoms with Crippen molar-refractivity contribution in [2.24, 2.45) is 0 Å². The molecule has 5 nitrogen and oxygen atoms in total. The minimum Gasteiger partial charge on any atom is -0.383 e. The molecule has 0 spiro atoms. The summed E-state index contributed by atoms with van der Waals surface area (Å²) in [5, 5.41) is 4.66. The molecule has 3 rings (SSSR count). The Morgan fingerprint density at radius 1 is 1.15 bits per heavy atom. The predicted octanol–water partition coefficient (Wildman–Crippen LogP) is 4.48. The normalized spacial score (nSPS) is 10.9. The van der Waals surface area contributed by atoms with Crippen LogP contribution in [-0.2, 0) is 6.42 Å². The first-order chi connectivity index (χ1) is 13.2. The number of amides is 1. The molecule has 27 heavy (non-hydrogen) atoms. The van der Waals surface area contributed by atoms with Crippen LogP contribution >= 0.6 is 0 Å². The fraction of sp³-hybridized carbons (Fsp3) is 0.364. The second-order valence-corrected chi connectivity index (χ2v) is 6.79. The predicted molar refractivity (Wildman–Crippen MR) is 111 cm³/mol. The van der Waals surface area contributed by atoms with Crippen LogP contribution in [0.25, 0.3) is 10.9 Å². The second kappa shape index (κ2) is 9.21. The Bertz CT molecular complexity index is 881. The van der Waals surface area contributed by atoms with E-state index in [2.05, 4.69) is 53.5 Å². The number of para-hydroxylation sites is 1. The fourth-order valence-corrected chi connectivity index (χ4v) is 3.37. The highest BCUT2D eigenvalue weighted by atomic mass is 16.2. The van der Waals surface area contributed by atoms with E-state index in [1.807, 2.05) is 17.0 Å². The number of hydrogen-bond acceptors (Lipinski definition) is 3. The number of nitrogens with one attached hydrogen (secondary N) is 2. The molecule has 2 heterocycles. The van der Waals surface area contributed by atoms with E-state index in [0.29, 0.717) is 5.56 Å². The minimum atomic E-state index is 0.0616. The number of aromatic amines is 1. The Morgan fingerprint density at radius 2 is 1.93 bits per heavy atom. The Labute approximate surface area is 160 Å². The lowest BCUT2D eigenvalue weighted by atomic mass is 10.1. The van der Waals surface area contributed by atoms with Gasteiger partial charge in [-0.2, -0.15) is 0 Å². The van der Waals surface area contributed by atoms with Crippen LogP contribution in [0.3, 0.4) is 0 Å². The van der Waals surface area contributed by atoms with E-state index < -0.39 is 0 Å². The molecular formula is C22H28N4O. The zero-order valence-corrected chi connectivity index (χ0v) is 16.2. The molecule has 0 aliphatic heterocycles. The molecule has 0 unspecified atom stereocenters. The van der Waals surface area contributed by atoms with Gasteiger partial charge in [0.05, 0.1) is 11.3 Å². The van der Waals surface area contributed by atoms with E-state index in [1.165, 1.54) is 10.9 Å². The summed E-state index contributed by atoms with van der Waals surface area (Å²) in [6, 6.07) is 10.2. The van der Waals surface area contributed by atoms with E-state index in [0.717, 1.165) is 50.1 Å². The van der Waals surface area contributed by atoms with Crippen molar-refractivity contribution in [1.29, 1.82) is 0 Å². The number of aromatic nitrogens is 2. The van der Waals surface area contributed by atoms with Gasteiger partial charge < -0.3 is 15.2 Å². The number of nitrogens with zero attached hydrogens (tertiary/aromatic N) is 2. The largest absolute Gasteiger partial charge is 0.383 e. The molecule has 0 atom stereocenters. The van der Waals surface area contributed by atoms with Crippen molar-refractivity contribution >= 4 is 22.5 Å². The first kappa shape index (κ1) is 19.0. The maximum Gasteiger partial charge on any atom is 0.255 e. The van der Waals surface area contributed by atoms with Gasteiger partial charge in [0.2, 0.25) is 0 Å². The Balaban J connectivity index is 1.62. The number of H-pyrrole nitrogens is 1. The lowest BCUT2D eigenvalue weighted by Crippen LogP contribution is -2.32. The van der Waals surface area contributed by atoms with Crippen molar-refractivity contribution in [3.05, 3.63) is 60.0 Å². The zero-order chi connectivity index (χ0) is 19.1. The van der Waals surface area contributed by atoms with E-state index in [-0.39, 0.29) is 5.91 Å². The molecular weight excluding hydrogens is 336 g/mol. The average molecular weight is 364 g/mol. The lowest BCUT2D eigenvalue weighted by Gasteiger charge is -2.21.